The molecule has 1 aromatic carbocycles. The number of amides is 2. The molecule has 3 N–H and O–H groups in total. The number of rotatable bonds is 9. The third kappa shape index (κ3) is 6.05. The molecule has 1 heterocycles. The third-order valence-electron chi connectivity index (χ3n) is 3.91. The lowest BCUT2D eigenvalue weighted by atomic mass is 10.1. The van der Waals surface area contributed by atoms with Crippen LogP contribution in [-0.4, -0.2) is 35.7 Å². The normalized spacial score (nSPS) is 13.1. The fourth-order valence-electron chi connectivity index (χ4n) is 2.47. The first kappa shape index (κ1) is 20.8. The van der Waals surface area contributed by atoms with Crippen molar-refractivity contribution in [2.24, 2.45) is 0 Å². The highest BCUT2D eigenvalue weighted by atomic mass is 19.1. The zero-order valence-corrected chi connectivity index (χ0v) is 15.4. The Balaban J connectivity index is 2.08. The Bertz CT molecular complexity index is 895. The molecule has 2 rings (SSSR count). The smallest absolute Gasteiger partial charge is 0.268 e. The van der Waals surface area contributed by atoms with E-state index in [-0.39, 0.29) is 18.8 Å². The second-order valence-electron chi connectivity index (χ2n) is 5.90. The van der Waals surface area contributed by atoms with Crippen LogP contribution in [0, 0.1) is 0 Å². The summed E-state index contributed by atoms with van der Waals surface area (Å²) in [6, 6.07) is 8.25. The van der Waals surface area contributed by atoms with E-state index in [0.29, 0.717) is 12.0 Å². The maximum Gasteiger partial charge on any atom is 0.268 e. The second-order valence-corrected chi connectivity index (χ2v) is 5.90. The highest BCUT2D eigenvalue weighted by Gasteiger charge is 2.20. The van der Waals surface area contributed by atoms with Crippen molar-refractivity contribution in [3.63, 3.8) is 0 Å². The van der Waals surface area contributed by atoms with Gasteiger partial charge >= 0.3 is 0 Å². The number of carbonyl (C=O) groups is 3. The fourth-order valence-corrected chi connectivity index (χ4v) is 2.47. The Hall–Kier alpha value is -3.48. The van der Waals surface area contributed by atoms with Crippen LogP contribution < -0.4 is 10.6 Å². The quantitative estimate of drug-likeness (QED) is 0.459. The summed E-state index contributed by atoms with van der Waals surface area (Å²) in [6.45, 7) is 1.43. The van der Waals surface area contributed by atoms with Gasteiger partial charge in [0.25, 0.3) is 5.91 Å². The Morgan fingerprint density at radius 2 is 2.04 bits per heavy atom. The number of benzene rings is 1. The van der Waals surface area contributed by atoms with Crippen molar-refractivity contribution in [2.45, 2.75) is 19.4 Å². The molecule has 0 bridgehead atoms. The van der Waals surface area contributed by atoms with Gasteiger partial charge in [-0.15, -0.1) is 0 Å². The molecule has 0 aliphatic heterocycles. The average Bonchev–Trinajstić information content (AvgIpc) is 3.15. The van der Waals surface area contributed by atoms with Gasteiger partial charge in [-0.25, -0.2) is 4.39 Å². The minimum absolute atomic E-state index is 0.145. The monoisotopic (exact) mass is 383 g/mol. The second kappa shape index (κ2) is 10.6. The molecule has 0 aliphatic rings. The van der Waals surface area contributed by atoms with Crippen LogP contribution in [0.2, 0.25) is 0 Å². The van der Waals surface area contributed by atoms with E-state index in [1.54, 1.807) is 25.1 Å². The number of hydrogen-bond donors (Lipinski definition) is 3. The summed E-state index contributed by atoms with van der Waals surface area (Å²) >= 11 is 0. The SMILES string of the molecule is C/C=C(F)\C=C/C=CCC(NC(=O)c1cc2ccccc2[nH]1)C(=O)NCC=O. The highest BCUT2D eigenvalue weighted by molar-refractivity contribution is 6.00. The van der Waals surface area contributed by atoms with E-state index in [2.05, 4.69) is 15.6 Å². The summed E-state index contributed by atoms with van der Waals surface area (Å²) in [5.41, 5.74) is 1.14. The van der Waals surface area contributed by atoms with Crippen molar-refractivity contribution < 1.29 is 18.8 Å². The van der Waals surface area contributed by atoms with Crippen LogP contribution >= 0.6 is 0 Å². The number of halogens is 1. The largest absolute Gasteiger partial charge is 0.351 e. The molecule has 28 heavy (non-hydrogen) atoms. The van der Waals surface area contributed by atoms with Crippen LogP contribution in [0.25, 0.3) is 10.9 Å². The first-order chi connectivity index (χ1) is 13.5. The lowest BCUT2D eigenvalue weighted by Gasteiger charge is -2.15. The van der Waals surface area contributed by atoms with Crippen LogP contribution in [0.3, 0.4) is 0 Å². The summed E-state index contributed by atoms with van der Waals surface area (Å²) in [6.07, 6.45) is 8.05. The van der Waals surface area contributed by atoms with Gasteiger partial charge in [-0.2, -0.15) is 0 Å². The third-order valence-corrected chi connectivity index (χ3v) is 3.91. The van der Waals surface area contributed by atoms with Crippen LogP contribution in [0.1, 0.15) is 23.8 Å². The number of carbonyl (C=O) groups excluding carboxylic acids is 3. The van der Waals surface area contributed by atoms with Gasteiger partial charge in [-0.3, -0.25) is 9.59 Å². The van der Waals surface area contributed by atoms with E-state index in [1.807, 2.05) is 24.3 Å². The van der Waals surface area contributed by atoms with Crippen molar-refractivity contribution in [3.8, 4) is 0 Å². The number of fused-ring (bicyclic) bond motifs is 1. The number of aromatic amines is 1. The van der Waals surface area contributed by atoms with Crippen LogP contribution in [-0.2, 0) is 9.59 Å². The van der Waals surface area contributed by atoms with E-state index in [0.717, 1.165) is 10.9 Å². The Kier molecular flexibility index (Phi) is 7.90. The fraction of sp³-hybridized carbons (Fsp3) is 0.190. The molecule has 1 aromatic heterocycles. The van der Waals surface area contributed by atoms with Gasteiger partial charge in [0.15, 0.2) is 0 Å². The van der Waals surface area contributed by atoms with Gasteiger partial charge in [0.1, 0.15) is 23.8 Å². The summed E-state index contributed by atoms with van der Waals surface area (Å²) in [5, 5.41) is 5.97. The summed E-state index contributed by atoms with van der Waals surface area (Å²) in [7, 11) is 0. The molecule has 0 saturated carbocycles. The van der Waals surface area contributed by atoms with Crippen molar-refractivity contribution in [1.29, 1.82) is 0 Å². The number of allylic oxidation sites excluding steroid dienone is 5. The standard InChI is InChI=1S/C21H22FN3O3/c1-2-16(22)9-4-3-5-11-18(20(27)23-12-13-26)25-21(28)19-14-15-8-6-7-10-17(15)24-19/h2-10,13-14,18,24H,11-12H2,1H3,(H,23,27)(H,25,28)/b5-3?,9-4-,16-2+. The Morgan fingerprint density at radius 1 is 1.25 bits per heavy atom. The highest BCUT2D eigenvalue weighted by Crippen LogP contribution is 2.14. The minimum atomic E-state index is -0.880. The van der Waals surface area contributed by atoms with Crippen molar-refractivity contribution in [1.82, 2.24) is 15.6 Å². The zero-order valence-electron chi connectivity index (χ0n) is 15.4. The van der Waals surface area contributed by atoms with Gasteiger partial charge in [0.2, 0.25) is 5.91 Å². The maximum absolute atomic E-state index is 13.0. The average molecular weight is 383 g/mol. The molecule has 0 aliphatic carbocycles. The van der Waals surface area contributed by atoms with E-state index >= 15 is 0 Å². The summed E-state index contributed by atoms with van der Waals surface area (Å²) in [5.74, 6) is -1.30. The van der Waals surface area contributed by atoms with Crippen molar-refractivity contribution in [2.75, 3.05) is 6.54 Å². The number of H-pyrrole nitrogens is 1. The molecule has 0 fully saturated rings. The molecule has 0 saturated heterocycles. The molecule has 6 nitrogen and oxygen atoms in total. The molecule has 1 atom stereocenters. The maximum atomic E-state index is 13.0. The van der Waals surface area contributed by atoms with E-state index in [9.17, 15) is 18.8 Å². The molecular weight excluding hydrogens is 361 g/mol. The van der Waals surface area contributed by atoms with Gasteiger partial charge in [0, 0.05) is 10.9 Å². The van der Waals surface area contributed by atoms with Crippen LogP contribution in [0.4, 0.5) is 4.39 Å². The Labute approximate surface area is 162 Å². The molecule has 1 unspecified atom stereocenters. The van der Waals surface area contributed by atoms with E-state index in [1.165, 1.54) is 18.2 Å². The predicted octanol–water partition coefficient (Wildman–Crippen LogP) is 2.96. The van der Waals surface area contributed by atoms with Gasteiger partial charge in [0.05, 0.1) is 6.54 Å². The van der Waals surface area contributed by atoms with Crippen LogP contribution in [0.5, 0.6) is 0 Å². The minimum Gasteiger partial charge on any atom is -0.351 e. The Morgan fingerprint density at radius 3 is 2.75 bits per heavy atom. The predicted molar refractivity (Wildman–Crippen MR) is 106 cm³/mol. The lowest BCUT2D eigenvalue weighted by Crippen LogP contribution is -2.47. The molecule has 7 heteroatoms. The van der Waals surface area contributed by atoms with E-state index < -0.39 is 17.9 Å². The lowest BCUT2D eigenvalue weighted by molar-refractivity contribution is -0.124. The summed E-state index contributed by atoms with van der Waals surface area (Å²) in [4.78, 5) is 38.3. The van der Waals surface area contributed by atoms with Gasteiger partial charge < -0.3 is 20.4 Å². The molecule has 0 radical (unpaired) electrons. The molecule has 0 spiro atoms. The van der Waals surface area contributed by atoms with E-state index in [4.69, 9.17) is 0 Å². The van der Waals surface area contributed by atoms with Crippen molar-refractivity contribution in [3.05, 3.63) is 72.2 Å². The van der Waals surface area contributed by atoms with Crippen LogP contribution in [0.15, 0.2) is 66.5 Å². The summed E-state index contributed by atoms with van der Waals surface area (Å²) < 4.78 is 13.0. The first-order valence-corrected chi connectivity index (χ1v) is 8.80. The number of aldehydes is 1. The topological polar surface area (TPSA) is 91.1 Å². The first-order valence-electron chi connectivity index (χ1n) is 8.80. The number of para-hydroxylation sites is 1. The number of nitrogens with one attached hydrogen (secondary N) is 3. The zero-order chi connectivity index (χ0) is 20.4. The molecule has 2 aromatic rings. The molecular formula is C21H22FN3O3. The van der Waals surface area contributed by atoms with Gasteiger partial charge in [-0.05, 0) is 31.6 Å². The molecule has 146 valence electrons. The number of aromatic nitrogens is 1. The van der Waals surface area contributed by atoms with Crippen molar-refractivity contribution >= 4 is 29.0 Å². The van der Waals surface area contributed by atoms with Gasteiger partial charge in [-0.1, -0.05) is 42.5 Å². The molecule has 2 amide bonds. The number of hydrogen-bond acceptors (Lipinski definition) is 3.